The quantitative estimate of drug-likeness (QED) is 0.0318. The van der Waals surface area contributed by atoms with Gasteiger partial charge < -0.3 is 19.8 Å². The highest BCUT2D eigenvalue weighted by molar-refractivity contribution is 7.47. The SMILES string of the molecule is CCCCCCCCCCCCCCCCCCCCCCCCCCCCCCCCCCCCCC(=O)NC(COP(=O)(O)OCC[N+](C)(C)C)C(O)CCCCCCCCCCCCCCCCCCCCCCCCCCCCCCCCC. The van der Waals surface area contributed by atoms with Gasteiger partial charge in [-0.15, -0.1) is 0 Å². The van der Waals surface area contributed by atoms with Crippen LogP contribution in [0.5, 0.6) is 0 Å². The number of quaternary nitrogens is 1. The summed E-state index contributed by atoms with van der Waals surface area (Å²) in [7, 11) is 1.65. The van der Waals surface area contributed by atoms with Gasteiger partial charge >= 0.3 is 7.82 Å². The molecule has 0 aliphatic carbocycles. The number of rotatable bonds is 77. The zero-order valence-corrected chi connectivity index (χ0v) is 61.7. The Bertz CT molecular complexity index is 1390. The molecule has 0 aromatic carbocycles. The predicted molar refractivity (Wildman–Crippen MR) is 388 cm³/mol. The number of phosphoric ester groups is 1. The molecule has 0 fully saturated rings. The molecule has 88 heavy (non-hydrogen) atoms. The minimum atomic E-state index is -4.33. The molecule has 0 aliphatic heterocycles. The van der Waals surface area contributed by atoms with Crippen LogP contribution in [0.25, 0.3) is 0 Å². The summed E-state index contributed by atoms with van der Waals surface area (Å²) in [6.07, 6.45) is 91.2. The topological polar surface area (TPSA) is 105 Å². The van der Waals surface area contributed by atoms with Gasteiger partial charge in [0.25, 0.3) is 0 Å². The fourth-order valence-corrected chi connectivity index (χ4v) is 13.9. The molecule has 1 amide bonds. The molecule has 9 heteroatoms. The van der Waals surface area contributed by atoms with Crippen LogP contribution in [0.4, 0.5) is 0 Å². The number of amides is 1. The average Bonchev–Trinajstić information content (AvgIpc) is 3.64. The number of carbonyl (C=O) groups excluding carboxylic acids is 1. The normalized spacial score (nSPS) is 13.4. The number of carbonyl (C=O) groups is 1. The number of likely N-dealkylation sites (N-methyl/N-ethyl adjacent to an activating group) is 1. The number of unbranched alkanes of at least 4 members (excludes halogenated alkanes) is 64. The maximum absolute atomic E-state index is 13.1. The Morgan fingerprint density at radius 3 is 0.761 bits per heavy atom. The van der Waals surface area contributed by atoms with Crippen LogP contribution in [0.15, 0.2) is 0 Å². The van der Waals surface area contributed by atoms with Crippen molar-refractivity contribution in [1.29, 1.82) is 0 Å². The number of nitrogens with zero attached hydrogens (tertiary/aromatic N) is 1. The molecule has 3 atom stereocenters. The molecule has 528 valence electrons. The summed E-state index contributed by atoms with van der Waals surface area (Å²) in [6, 6.07) is -0.758. The van der Waals surface area contributed by atoms with Crippen molar-refractivity contribution in [3.05, 3.63) is 0 Å². The van der Waals surface area contributed by atoms with Crippen molar-refractivity contribution < 1.29 is 32.9 Å². The first-order valence-corrected chi connectivity index (χ1v) is 41.9. The zero-order chi connectivity index (χ0) is 64.1. The Hall–Kier alpha value is -0.500. The van der Waals surface area contributed by atoms with Gasteiger partial charge in [0.15, 0.2) is 0 Å². The van der Waals surface area contributed by atoms with E-state index in [1.165, 1.54) is 385 Å². The van der Waals surface area contributed by atoms with Crippen molar-refractivity contribution in [3.63, 3.8) is 0 Å². The molecule has 8 nitrogen and oxygen atoms in total. The predicted octanol–water partition coefficient (Wildman–Crippen LogP) is 26.2. The van der Waals surface area contributed by atoms with Crippen molar-refractivity contribution >= 4 is 13.7 Å². The molecular weight excluding hydrogens is 1100 g/mol. The molecule has 0 aromatic rings. The van der Waals surface area contributed by atoms with Crippen LogP contribution < -0.4 is 5.32 Å². The summed E-state index contributed by atoms with van der Waals surface area (Å²) in [6.45, 7) is 4.98. The average molecular weight is 1270 g/mol. The molecule has 0 saturated heterocycles. The van der Waals surface area contributed by atoms with E-state index in [1.54, 1.807) is 0 Å². The molecule has 0 radical (unpaired) electrons. The Morgan fingerprint density at radius 2 is 0.545 bits per heavy atom. The first-order chi connectivity index (χ1) is 43.0. The van der Waals surface area contributed by atoms with Gasteiger partial charge in [-0.2, -0.15) is 0 Å². The second-order valence-electron chi connectivity index (χ2n) is 29.5. The van der Waals surface area contributed by atoms with Gasteiger partial charge in [0.2, 0.25) is 5.91 Å². The standard InChI is InChI=1S/C79H161N2O6P/c1-6-8-10-12-14-16-18-20-22-24-26-28-30-32-34-36-38-39-40-41-43-45-47-49-51-53-55-57-59-61-63-65-67-69-71-73-79(83)80-77(76-87-88(84,85)86-75-74-81(3,4)5)78(82)72-70-68-66-64-62-60-58-56-54-52-50-48-46-44-42-37-35-33-31-29-27-25-23-21-19-17-15-13-11-9-7-2/h77-78,82H,6-76H2,1-5H3,(H-,80,83,84,85)/p+1. The van der Waals surface area contributed by atoms with Crippen LogP contribution >= 0.6 is 7.82 Å². The molecule has 0 spiro atoms. The lowest BCUT2D eigenvalue weighted by atomic mass is 10.0. The van der Waals surface area contributed by atoms with Crippen LogP contribution in [-0.4, -0.2) is 73.4 Å². The molecule has 0 aromatic heterocycles. The van der Waals surface area contributed by atoms with Crippen LogP contribution in [0.1, 0.15) is 450 Å². The van der Waals surface area contributed by atoms with Crippen LogP contribution in [-0.2, 0) is 18.4 Å². The van der Waals surface area contributed by atoms with Crippen molar-refractivity contribution in [1.82, 2.24) is 5.32 Å². The van der Waals surface area contributed by atoms with E-state index in [0.29, 0.717) is 23.9 Å². The van der Waals surface area contributed by atoms with E-state index in [0.717, 1.165) is 38.5 Å². The fourth-order valence-electron chi connectivity index (χ4n) is 13.1. The van der Waals surface area contributed by atoms with Gasteiger partial charge in [-0.05, 0) is 12.8 Å². The molecule has 0 aliphatic rings. The van der Waals surface area contributed by atoms with E-state index < -0.39 is 20.0 Å². The van der Waals surface area contributed by atoms with Gasteiger partial charge in [0.05, 0.1) is 39.9 Å². The number of phosphoric acid groups is 1. The molecule has 0 saturated carbocycles. The van der Waals surface area contributed by atoms with Crippen molar-refractivity contribution in [2.45, 2.75) is 463 Å². The van der Waals surface area contributed by atoms with Gasteiger partial charge in [0.1, 0.15) is 13.2 Å². The Kier molecular flexibility index (Phi) is 70.4. The summed E-state index contributed by atoms with van der Waals surface area (Å²) < 4.78 is 24.0. The van der Waals surface area contributed by atoms with Crippen LogP contribution in [0.3, 0.4) is 0 Å². The molecule has 0 heterocycles. The molecule has 3 unspecified atom stereocenters. The first kappa shape index (κ1) is 87.5. The first-order valence-electron chi connectivity index (χ1n) is 40.4. The summed E-state index contributed by atoms with van der Waals surface area (Å²) in [5.74, 6) is -0.131. The third-order valence-electron chi connectivity index (χ3n) is 19.4. The number of nitrogens with one attached hydrogen (secondary N) is 1. The number of aliphatic hydroxyl groups excluding tert-OH is 1. The van der Waals surface area contributed by atoms with E-state index >= 15 is 0 Å². The largest absolute Gasteiger partial charge is 0.472 e. The number of aliphatic hydroxyl groups is 1. The van der Waals surface area contributed by atoms with E-state index in [4.69, 9.17) is 9.05 Å². The van der Waals surface area contributed by atoms with E-state index in [-0.39, 0.29) is 19.1 Å². The zero-order valence-electron chi connectivity index (χ0n) is 60.8. The minimum Gasteiger partial charge on any atom is -0.391 e. The molecule has 3 N–H and O–H groups in total. The highest BCUT2D eigenvalue weighted by Crippen LogP contribution is 2.43. The lowest BCUT2D eigenvalue weighted by Crippen LogP contribution is -2.46. The summed E-state index contributed by atoms with van der Waals surface area (Å²) in [5, 5.41) is 14.2. The Balaban J connectivity index is 3.89. The molecular formula is C79H162N2O6P+. The Morgan fingerprint density at radius 1 is 0.341 bits per heavy atom. The number of hydrogen-bond donors (Lipinski definition) is 3. The maximum atomic E-state index is 13.1. The van der Waals surface area contributed by atoms with Crippen molar-refractivity contribution in [3.8, 4) is 0 Å². The molecule has 0 rings (SSSR count). The summed E-state index contributed by atoms with van der Waals surface area (Å²) in [4.78, 5) is 23.5. The lowest BCUT2D eigenvalue weighted by molar-refractivity contribution is -0.870. The van der Waals surface area contributed by atoms with E-state index in [2.05, 4.69) is 19.2 Å². The van der Waals surface area contributed by atoms with E-state index in [9.17, 15) is 19.4 Å². The smallest absolute Gasteiger partial charge is 0.391 e. The lowest BCUT2D eigenvalue weighted by Gasteiger charge is -2.26. The van der Waals surface area contributed by atoms with Gasteiger partial charge in [0, 0.05) is 6.42 Å². The van der Waals surface area contributed by atoms with Gasteiger partial charge in [-0.25, -0.2) is 4.57 Å². The molecule has 0 bridgehead atoms. The summed E-state index contributed by atoms with van der Waals surface area (Å²) >= 11 is 0. The highest BCUT2D eigenvalue weighted by Gasteiger charge is 2.28. The second-order valence-corrected chi connectivity index (χ2v) is 31.0. The fraction of sp³-hybridized carbons (Fsp3) is 0.987. The number of hydrogen-bond acceptors (Lipinski definition) is 5. The third-order valence-corrected chi connectivity index (χ3v) is 20.3. The van der Waals surface area contributed by atoms with Crippen molar-refractivity contribution in [2.24, 2.45) is 0 Å². The van der Waals surface area contributed by atoms with E-state index in [1.807, 2.05) is 21.1 Å². The van der Waals surface area contributed by atoms with Crippen LogP contribution in [0.2, 0.25) is 0 Å². The Labute approximate surface area is 552 Å². The van der Waals surface area contributed by atoms with Crippen LogP contribution in [0, 0.1) is 0 Å². The summed E-state index contributed by atoms with van der Waals surface area (Å²) in [5.41, 5.74) is 0. The van der Waals surface area contributed by atoms with Crippen molar-refractivity contribution in [2.75, 3.05) is 40.9 Å². The third kappa shape index (κ3) is 72.9. The maximum Gasteiger partial charge on any atom is 0.472 e. The van der Waals surface area contributed by atoms with Gasteiger partial charge in [-0.1, -0.05) is 431 Å². The monoisotopic (exact) mass is 1270 g/mol. The van der Waals surface area contributed by atoms with Gasteiger partial charge in [-0.3, -0.25) is 13.8 Å². The highest BCUT2D eigenvalue weighted by atomic mass is 31.2. The second kappa shape index (κ2) is 70.8. The minimum absolute atomic E-state index is 0.0797.